The lowest BCUT2D eigenvalue weighted by atomic mass is 10.0. The van der Waals surface area contributed by atoms with Gasteiger partial charge in [0.05, 0.1) is 10.0 Å². The van der Waals surface area contributed by atoms with Crippen LogP contribution < -0.4 is 16.0 Å². The van der Waals surface area contributed by atoms with Crippen LogP contribution in [0.1, 0.15) is 50.0 Å². The number of likely N-dealkylation sites (tertiary alicyclic amines) is 1. The van der Waals surface area contributed by atoms with Crippen LogP contribution in [0.5, 0.6) is 0 Å². The smallest absolute Gasteiger partial charge is 0.319 e. The van der Waals surface area contributed by atoms with E-state index < -0.39 is 0 Å². The Balaban J connectivity index is 1.02. The molecule has 1 heterocycles. The SMILES string of the molecule is O=C(Nc1ccc(Cl)cc1)NC1CCN(CCCCCNC(=O)[C@@H]2C[C@H]2c2ccc(Cl)c(Cl)c2)CC1. The van der Waals surface area contributed by atoms with Gasteiger partial charge in [-0.1, -0.05) is 47.3 Å². The molecule has 1 aliphatic heterocycles. The number of nitrogens with one attached hydrogen (secondary N) is 3. The first kappa shape index (κ1) is 27.1. The van der Waals surface area contributed by atoms with E-state index in [1.54, 1.807) is 30.3 Å². The summed E-state index contributed by atoms with van der Waals surface area (Å²) in [4.78, 5) is 27.1. The van der Waals surface area contributed by atoms with Crippen molar-refractivity contribution in [2.75, 3.05) is 31.5 Å². The molecule has 9 heteroatoms. The summed E-state index contributed by atoms with van der Waals surface area (Å²) < 4.78 is 0. The number of piperidine rings is 1. The van der Waals surface area contributed by atoms with Crippen LogP contribution in [0.15, 0.2) is 42.5 Å². The van der Waals surface area contributed by atoms with Gasteiger partial charge in [0.1, 0.15) is 0 Å². The van der Waals surface area contributed by atoms with E-state index in [4.69, 9.17) is 34.8 Å². The minimum absolute atomic E-state index is 0.0467. The van der Waals surface area contributed by atoms with Crippen LogP contribution in [0, 0.1) is 5.92 Å². The Morgan fingerprint density at radius 3 is 2.39 bits per heavy atom. The van der Waals surface area contributed by atoms with Gasteiger partial charge in [-0.05, 0) is 86.5 Å². The summed E-state index contributed by atoms with van der Waals surface area (Å²) in [5.74, 6) is 0.437. The predicted molar refractivity (Wildman–Crippen MR) is 147 cm³/mol. The van der Waals surface area contributed by atoms with E-state index in [1.165, 1.54) is 0 Å². The topological polar surface area (TPSA) is 73.5 Å². The van der Waals surface area contributed by atoms with Gasteiger partial charge in [0.25, 0.3) is 0 Å². The maximum absolute atomic E-state index is 12.4. The van der Waals surface area contributed by atoms with Crippen LogP contribution in [0.2, 0.25) is 15.1 Å². The van der Waals surface area contributed by atoms with Gasteiger partial charge in [0.15, 0.2) is 0 Å². The van der Waals surface area contributed by atoms with Crippen LogP contribution >= 0.6 is 34.8 Å². The van der Waals surface area contributed by atoms with E-state index >= 15 is 0 Å². The van der Waals surface area contributed by atoms with Gasteiger partial charge in [0.2, 0.25) is 5.91 Å². The van der Waals surface area contributed by atoms with Gasteiger partial charge in [0, 0.05) is 42.3 Å². The summed E-state index contributed by atoms with van der Waals surface area (Å²) in [6.45, 7) is 3.75. The third-order valence-corrected chi connectivity index (χ3v) is 7.97. The Hall–Kier alpha value is -1.99. The van der Waals surface area contributed by atoms with Gasteiger partial charge in [-0.15, -0.1) is 0 Å². The van der Waals surface area contributed by atoms with E-state index in [2.05, 4.69) is 20.9 Å². The number of rotatable bonds is 10. The Kier molecular flexibility index (Phi) is 9.77. The average molecular weight is 552 g/mol. The number of anilines is 1. The molecule has 0 spiro atoms. The second-order valence-electron chi connectivity index (χ2n) is 9.70. The van der Waals surface area contributed by atoms with E-state index in [-0.39, 0.29) is 29.8 Å². The molecule has 4 rings (SSSR count). The lowest BCUT2D eigenvalue weighted by molar-refractivity contribution is -0.122. The molecular formula is C27H33Cl3N4O2. The molecule has 6 nitrogen and oxygen atoms in total. The van der Waals surface area contributed by atoms with Crippen LogP contribution in [0.25, 0.3) is 0 Å². The molecule has 0 unspecified atom stereocenters. The first-order valence-electron chi connectivity index (χ1n) is 12.7. The van der Waals surface area contributed by atoms with Gasteiger partial charge in [-0.3, -0.25) is 4.79 Å². The highest BCUT2D eigenvalue weighted by molar-refractivity contribution is 6.42. The third-order valence-electron chi connectivity index (χ3n) is 6.97. The van der Waals surface area contributed by atoms with Gasteiger partial charge < -0.3 is 20.9 Å². The number of benzene rings is 2. The molecule has 2 aromatic carbocycles. The first-order chi connectivity index (χ1) is 17.4. The summed E-state index contributed by atoms with van der Waals surface area (Å²) >= 11 is 18.0. The summed E-state index contributed by atoms with van der Waals surface area (Å²) in [5.41, 5.74) is 1.82. The van der Waals surface area contributed by atoms with E-state index in [0.29, 0.717) is 15.1 Å². The second-order valence-corrected chi connectivity index (χ2v) is 10.9. The second kappa shape index (κ2) is 13.0. The monoisotopic (exact) mass is 550 g/mol. The minimum Gasteiger partial charge on any atom is -0.356 e. The normalized spacial score (nSPS) is 20.1. The van der Waals surface area contributed by atoms with Crippen LogP contribution in [-0.2, 0) is 4.79 Å². The van der Waals surface area contributed by atoms with Crippen LogP contribution in [-0.4, -0.2) is 49.1 Å². The maximum Gasteiger partial charge on any atom is 0.319 e. The van der Waals surface area contributed by atoms with Gasteiger partial charge >= 0.3 is 6.03 Å². The number of nitrogens with zero attached hydrogens (tertiary/aromatic N) is 1. The van der Waals surface area contributed by atoms with E-state index in [0.717, 1.165) is 76.0 Å². The molecule has 3 N–H and O–H groups in total. The average Bonchev–Trinajstić information content (AvgIpc) is 3.66. The zero-order valence-electron chi connectivity index (χ0n) is 20.2. The zero-order valence-corrected chi connectivity index (χ0v) is 22.5. The Bertz CT molecular complexity index is 1040. The minimum atomic E-state index is -0.174. The van der Waals surface area contributed by atoms with E-state index in [9.17, 15) is 9.59 Å². The van der Waals surface area contributed by atoms with Crippen molar-refractivity contribution in [3.05, 3.63) is 63.1 Å². The molecule has 2 aromatic rings. The molecule has 1 saturated heterocycles. The number of hydrogen-bond acceptors (Lipinski definition) is 3. The lowest BCUT2D eigenvalue weighted by Gasteiger charge is -2.32. The van der Waals surface area contributed by atoms with Gasteiger partial charge in [-0.25, -0.2) is 4.79 Å². The van der Waals surface area contributed by atoms with Crippen molar-refractivity contribution in [1.82, 2.24) is 15.5 Å². The zero-order chi connectivity index (χ0) is 25.5. The number of amides is 3. The molecule has 1 aliphatic carbocycles. The summed E-state index contributed by atoms with van der Waals surface area (Å²) in [6.07, 6.45) is 5.95. The maximum atomic E-state index is 12.4. The van der Waals surface area contributed by atoms with Crippen LogP contribution in [0.4, 0.5) is 10.5 Å². The molecule has 2 aliphatic rings. The highest BCUT2D eigenvalue weighted by atomic mass is 35.5. The molecule has 0 bridgehead atoms. The molecule has 194 valence electrons. The largest absolute Gasteiger partial charge is 0.356 e. The van der Waals surface area contributed by atoms with Crippen molar-refractivity contribution >= 4 is 52.4 Å². The Morgan fingerprint density at radius 1 is 0.917 bits per heavy atom. The number of carbonyl (C=O) groups is 2. The Morgan fingerprint density at radius 2 is 1.67 bits per heavy atom. The number of hydrogen-bond donors (Lipinski definition) is 3. The summed E-state index contributed by atoms with van der Waals surface area (Å²) in [7, 11) is 0. The summed E-state index contributed by atoms with van der Waals surface area (Å²) in [5, 5.41) is 10.7. The number of unbranched alkanes of at least 4 members (excludes halogenated alkanes) is 2. The molecule has 36 heavy (non-hydrogen) atoms. The summed E-state index contributed by atoms with van der Waals surface area (Å²) in [6, 6.07) is 12.7. The van der Waals surface area contributed by atoms with Crippen molar-refractivity contribution in [3.63, 3.8) is 0 Å². The highest BCUT2D eigenvalue weighted by Crippen LogP contribution is 2.48. The molecule has 0 radical (unpaired) electrons. The quantitative estimate of drug-likeness (QED) is 0.302. The van der Waals surface area contributed by atoms with Crippen molar-refractivity contribution in [2.24, 2.45) is 5.92 Å². The molecule has 2 atom stereocenters. The number of halogens is 3. The molecule has 1 saturated carbocycles. The van der Waals surface area contributed by atoms with E-state index in [1.807, 2.05) is 12.1 Å². The fourth-order valence-electron chi connectivity index (χ4n) is 4.76. The standard InChI is InChI=1S/C27H33Cl3N4O2/c28-19-5-7-20(8-6-19)32-27(36)33-21-10-14-34(15-11-21)13-3-1-2-12-31-26(35)23-17-22(23)18-4-9-24(29)25(30)16-18/h4-9,16,21-23H,1-3,10-15,17H2,(H,31,35)(H2,32,33,36)/t22-,23+/m0/s1. The third kappa shape index (κ3) is 8.01. The van der Waals surface area contributed by atoms with Gasteiger partial charge in [-0.2, -0.15) is 0 Å². The fraction of sp³-hybridized carbons (Fsp3) is 0.481. The van der Waals surface area contributed by atoms with Crippen molar-refractivity contribution in [2.45, 2.75) is 50.5 Å². The molecule has 3 amide bonds. The first-order valence-corrected chi connectivity index (χ1v) is 13.8. The van der Waals surface area contributed by atoms with Crippen molar-refractivity contribution < 1.29 is 9.59 Å². The van der Waals surface area contributed by atoms with Crippen molar-refractivity contribution in [3.8, 4) is 0 Å². The van der Waals surface area contributed by atoms with Crippen LogP contribution in [0.3, 0.4) is 0 Å². The van der Waals surface area contributed by atoms with Crippen molar-refractivity contribution in [1.29, 1.82) is 0 Å². The molecular weight excluding hydrogens is 519 g/mol. The highest BCUT2D eigenvalue weighted by Gasteiger charge is 2.43. The number of urea groups is 1. The molecule has 0 aromatic heterocycles. The Labute approximate surface area is 228 Å². The number of carbonyl (C=O) groups excluding carboxylic acids is 2. The molecule has 2 fully saturated rings. The predicted octanol–water partition coefficient (Wildman–Crippen LogP) is 6.32. The fourth-order valence-corrected chi connectivity index (χ4v) is 5.20. The lowest BCUT2D eigenvalue weighted by Crippen LogP contribution is -2.46.